The van der Waals surface area contributed by atoms with E-state index in [9.17, 15) is 5.11 Å². The Kier molecular flexibility index (Phi) is 2.50. The molecule has 0 amide bonds. The molecule has 0 fully saturated rings. The molecule has 2 heterocycles. The molecule has 74 valence electrons. The lowest BCUT2D eigenvalue weighted by Gasteiger charge is -2.09. The quantitative estimate of drug-likeness (QED) is 0.801. The molecule has 0 aliphatic heterocycles. The molecule has 0 aliphatic carbocycles. The van der Waals surface area contributed by atoms with Gasteiger partial charge < -0.3 is 9.51 Å². The highest BCUT2D eigenvalue weighted by atomic mass is 16.3. The first-order chi connectivity index (χ1) is 6.86. The molecule has 1 N–H and O–H groups in total. The van der Waals surface area contributed by atoms with Crippen LogP contribution in [0.4, 0.5) is 0 Å². The largest absolute Gasteiger partial charge is 0.396 e. The molecule has 1 atom stereocenters. The molecule has 1 unspecified atom stereocenters. The van der Waals surface area contributed by atoms with Crippen molar-refractivity contribution < 1.29 is 5.11 Å². The second kappa shape index (κ2) is 3.80. The van der Waals surface area contributed by atoms with E-state index in [0.29, 0.717) is 0 Å². The van der Waals surface area contributed by atoms with Crippen LogP contribution < -0.4 is 0 Å². The van der Waals surface area contributed by atoms with Crippen LogP contribution in [0, 0.1) is 0 Å². The third-order valence-corrected chi connectivity index (χ3v) is 2.55. The van der Waals surface area contributed by atoms with Crippen LogP contribution in [-0.4, -0.2) is 21.1 Å². The first-order valence-electron chi connectivity index (χ1n) is 4.89. The summed E-state index contributed by atoms with van der Waals surface area (Å²) in [5.41, 5.74) is 1.08. The van der Waals surface area contributed by atoms with E-state index in [1.165, 1.54) is 0 Å². The SMILES string of the molecule is CCC(CO)c1ncc2ccccn12. The predicted octanol–water partition coefficient (Wildman–Crippen LogP) is 1.82. The fourth-order valence-corrected chi connectivity index (χ4v) is 1.66. The molecule has 14 heavy (non-hydrogen) atoms. The Bertz CT molecular complexity index is 418. The van der Waals surface area contributed by atoms with Gasteiger partial charge >= 0.3 is 0 Å². The standard InChI is InChI=1S/C11H14N2O/c1-2-9(8-14)11-12-7-10-5-3-4-6-13(10)11/h3-7,9,14H,2,8H2,1H3. The zero-order chi connectivity index (χ0) is 9.97. The van der Waals surface area contributed by atoms with E-state index in [4.69, 9.17) is 0 Å². The van der Waals surface area contributed by atoms with Gasteiger partial charge in [0.15, 0.2) is 0 Å². The first kappa shape index (κ1) is 9.21. The van der Waals surface area contributed by atoms with E-state index in [0.717, 1.165) is 17.8 Å². The van der Waals surface area contributed by atoms with Crippen molar-refractivity contribution in [1.82, 2.24) is 9.38 Å². The number of aromatic nitrogens is 2. The molecule has 0 saturated heterocycles. The molecule has 0 aromatic carbocycles. The number of hydrogen-bond acceptors (Lipinski definition) is 2. The van der Waals surface area contributed by atoms with Crippen molar-refractivity contribution in [2.24, 2.45) is 0 Å². The van der Waals surface area contributed by atoms with Crippen molar-refractivity contribution in [3.05, 3.63) is 36.4 Å². The minimum absolute atomic E-state index is 0.139. The maximum absolute atomic E-state index is 9.20. The van der Waals surface area contributed by atoms with Gasteiger partial charge in [0.1, 0.15) is 5.82 Å². The first-order valence-corrected chi connectivity index (χ1v) is 4.89. The summed E-state index contributed by atoms with van der Waals surface area (Å²) in [7, 11) is 0. The van der Waals surface area contributed by atoms with Crippen molar-refractivity contribution in [3.8, 4) is 0 Å². The van der Waals surface area contributed by atoms with E-state index in [2.05, 4.69) is 11.9 Å². The van der Waals surface area contributed by atoms with Crippen LogP contribution in [0.25, 0.3) is 5.52 Å². The van der Waals surface area contributed by atoms with Crippen molar-refractivity contribution >= 4 is 5.52 Å². The van der Waals surface area contributed by atoms with Gasteiger partial charge in [0.2, 0.25) is 0 Å². The second-order valence-corrected chi connectivity index (χ2v) is 3.40. The average molecular weight is 190 g/mol. The van der Waals surface area contributed by atoms with Crippen LogP contribution in [0.1, 0.15) is 25.1 Å². The van der Waals surface area contributed by atoms with Crippen molar-refractivity contribution in [2.75, 3.05) is 6.61 Å². The zero-order valence-electron chi connectivity index (χ0n) is 8.22. The summed E-state index contributed by atoms with van der Waals surface area (Å²) in [6.07, 6.45) is 4.73. The van der Waals surface area contributed by atoms with Gasteiger partial charge in [-0.1, -0.05) is 13.0 Å². The van der Waals surface area contributed by atoms with E-state index in [1.807, 2.05) is 35.0 Å². The third kappa shape index (κ3) is 1.40. The van der Waals surface area contributed by atoms with Crippen LogP contribution in [0.15, 0.2) is 30.6 Å². The topological polar surface area (TPSA) is 37.5 Å². The Morgan fingerprint density at radius 2 is 2.36 bits per heavy atom. The van der Waals surface area contributed by atoms with Crippen LogP contribution in [-0.2, 0) is 0 Å². The lowest BCUT2D eigenvalue weighted by molar-refractivity contribution is 0.257. The van der Waals surface area contributed by atoms with Gasteiger partial charge in [-0.3, -0.25) is 0 Å². The molecule has 0 bridgehead atoms. The molecular formula is C11H14N2O. The Morgan fingerprint density at radius 1 is 1.50 bits per heavy atom. The summed E-state index contributed by atoms with van der Waals surface area (Å²) in [5, 5.41) is 9.20. The molecular weight excluding hydrogens is 176 g/mol. The second-order valence-electron chi connectivity index (χ2n) is 3.40. The van der Waals surface area contributed by atoms with Crippen LogP contribution >= 0.6 is 0 Å². The van der Waals surface area contributed by atoms with Gasteiger partial charge in [-0.25, -0.2) is 4.98 Å². The molecule has 3 heteroatoms. The maximum Gasteiger partial charge on any atom is 0.118 e. The minimum atomic E-state index is 0.139. The van der Waals surface area contributed by atoms with Crippen LogP contribution in [0.5, 0.6) is 0 Å². The lowest BCUT2D eigenvalue weighted by Crippen LogP contribution is -2.07. The van der Waals surface area contributed by atoms with E-state index in [-0.39, 0.29) is 12.5 Å². The van der Waals surface area contributed by atoms with Gasteiger partial charge in [-0.2, -0.15) is 0 Å². The van der Waals surface area contributed by atoms with Gasteiger partial charge in [0, 0.05) is 12.1 Å². The van der Waals surface area contributed by atoms with Crippen molar-refractivity contribution in [1.29, 1.82) is 0 Å². The highest BCUT2D eigenvalue weighted by Crippen LogP contribution is 2.18. The summed E-state index contributed by atoms with van der Waals surface area (Å²) in [4.78, 5) is 4.34. The average Bonchev–Trinajstić information content (AvgIpc) is 2.65. The smallest absolute Gasteiger partial charge is 0.118 e. The summed E-state index contributed by atoms with van der Waals surface area (Å²) in [5.74, 6) is 1.09. The van der Waals surface area contributed by atoms with Crippen LogP contribution in [0.3, 0.4) is 0 Å². The number of rotatable bonds is 3. The number of imidazole rings is 1. The summed E-state index contributed by atoms with van der Waals surface area (Å²) in [6.45, 7) is 2.22. The molecule has 0 radical (unpaired) electrons. The number of pyridine rings is 1. The minimum Gasteiger partial charge on any atom is -0.396 e. The number of hydrogen-bond donors (Lipinski definition) is 1. The van der Waals surface area contributed by atoms with Crippen molar-refractivity contribution in [2.45, 2.75) is 19.3 Å². The molecule has 2 rings (SSSR count). The monoisotopic (exact) mass is 190 g/mol. The van der Waals surface area contributed by atoms with Gasteiger partial charge in [-0.05, 0) is 18.6 Å². The lowest BCUT2D eigenvalue weighted by atomic mass is 10.1. The maximum atomic E-state index is 9.20. The Labute approximate surface area is 83.0 Å². The Hall–Kier alpha value is -1.35. The normalized spacial score (nSPS) is 13.3. The summed E-state index contributed by atoms with van der Waals surface area (Å²) >= 11 is 0. The zero-order valence-corrected chi connectivity index (χ0v) is 8.22. The highest BCUT2D eigenvalue weighted by Gasteiger charge is 2.13. The number of fused-ring (bicyclic) bond motifs is 1. The molecule has 3 nitrogen and oxygen atoms in total. The number of nitrogens with zero attached hydrogens (tertiary/aromatic N) is 2. The van der Waals surface area contributed by atoms with E-state index < -0.39 is 0 Å². The van der Waals surface area contributed by atoms with Gasteiger partial charge in [-0.15, -0.1) is 0 Å². The Balaban J connectivity index is 2.51. The molecule has 2 aromatic heterocycles. The van der Waals surface area contributed by atoms with Gasteiger partial charge in [0.25, 0.3) is 0 Å². The molecule has 2 aromatic rings. The fourth-order valence-electron chi connectivity index (χ4n) is 1.66. The van der Waals surface area contributed by atoms with Crippen LogP contribution in [0.2, 0.25) is 0 Å². The highest BCUT2D eigenvalue weighted by molar-refractivity contribution is 5.45. The summed E-state index contributed by atoms with van der Waals surface area (Å²) < 4.78 is 2.03. The number of aliphatic hydroxyl groups excluding tert-OH is 1. The van der Waals surface area contributed by atoms with Crippen molar-refractivity contribution in [3.63, 3.8) is 0 Å². The predicted molar refractivity (Wildman–Crippen MR) is 55.3 cm³/mol. The number of aliphatic hydroxyl groups is 1. The molecule has 0 aliphatic rings. The molecule has 0 spiro atoms. The third-order valence-electron chi connectivity index (χ3n) is 2.55. The summed E-state index contributed by atoms with van der Waals surface area (Å²) in [6, 6.07) is 5.98. The Morgan fingerprint density at radius 3 is 3.07 bits per heavy atom. The van der Waals surface area contributed by atoms with Gasteiger partial charge in [0.05, 0.1) is 18.3 Å². The van der Waals surface area contributed by atoms with E-state index in [1.54, 1.807) is 0 Å². The van der Waals surface area contributed by atoms with E-state index >= 15 is 0 Å². The fraction of sp³-hybridized carbons (Fsp3) is 0.364. The molecule has 0 saturated carbocycles.